The number of amides is 2. The maximum atomic E-state index is 11.5. The first-order chi connectivity index (χ1) is 7.91. The molecule has 0 spiro atoms. The van der Waals surface area contributed by atoms with E-state index in [1.165, 1.54) is 7.05 Å². The zero-order valence-corrected chi connectivity index (χ0v) is 8.68. The lowest BCUT2D eigenvalue weighted by molar-refractivity contribution is -0.136. The van der Waals surface area contributed by atoms with Crippen LogP contribution in [0.4, 0.5) is 0 Å². The van der Waals surface area contributed by atoms with Crippen molar-refractivity contribution in [2.45, 2.75) is 6.42 Å². The Bertz CT molecular complexity index is 603. The zero-order chi connectivity index (χ0) is 12.7. The van der Waals surface area contributed by atoms with Gasteiger partial charge in [-0.1, -0.05) is 0 Å². The minimum atomic E-state index is -1.20. The molecule has 88 valence electrons. The van der Waals surface area contributed by atoms with Gasteiger partial charge in [-0.2, -0.15) is 0 Å². The lowest BCUT2D eigenvalue weighted by Crippen LogP contribution is -2.26. The fourth-order valence-electron chi connectivity index (χ4n) is 1.52. The van der Waals surface area contributed by atoms with E-state index < -0.39 is 29.8 Å². The van der Waals surface area contributed by atoms with Crippen LogP contribution in [0.25, 0.3) is 0 Å². The number of nitrogens with zero attached hydrogens (tertiary/aromatic N) is 2. The molecule has 0 bridgehead atoms. The van der Waals surface area contributed by atoms with Crippen LogP contribution in [0.15, 0.2) is 4.79 Å². The maximum absolute atomic E-state index is 11.5. The third kappa shape index (κ3) is 1.59. The van der Waals surface area contributed by atoms with Crippen molar-refractivity contribution in [3.8, 4) is 0 Å². The third-order valence-corrected chi connectivity index (χ3v) is 2.31. The van der Waals surface area contributed by atoms with Crippen molar-refractivity contribution in [3.05, 3.63) is 27.4 Å². The molecule has 0 unspecified atom stereocenters. The second-order valence-corrected chi connectivity index (χ2v) is 3.48. The number of imide groups is 1. The van der Waals surface area contributed by atoms with Crippen LogP contribution < -0.4 is 5.56 Å². The third-order valence-electron chi connectivity index (χ3n) is 2.31. The highest BCUT2D eigenvalue weighted by Crippen LogP contribution is 2.15. The van der Waals surface area contributed by atoms with Crippen LogP contribution in [0, 0.1) is 0 Å². The Labute approximate surface area is 93.9 Å². The van der Waals surface area contributed by atoms with Crippen molar-refractivity contribution >= 4 is 17.8 Å². The van der Waals surface area contributed by atoms with E-state index in [0.717, 1.165) is 4.90 Å². The number of hydrogen-bond donors (Lipinski definition) is 2. The second-order valence-electron chi connectivity index (χ2n) is 3.48. The number of aromatic amines is 1. The van der Waals surface area contributed by atoms with Crippen molar-refractivity contribution in [1.29, 1.82) is 0 Å². The number of carbonyl (C=O) groups is 3. The fraction of sp³-hybridized carbons (Fsp3) is 0.222. The fourth-order valence-corrected chi connectivity index (χ4v) is 1.52. The molecule has 1 aliphatic heterocycles. The Morgan fingerprint density at radius 1 is 1.35 bits per heavy atom. The number of nitrogens with one attached hydrogen (secondary N) is 1. The maximum Gasteiger partial charge on any atom is 0.311 e. The SMILES string of the molecule is CN1C(=O)c2nc(CC(=O)O)[nH]c(=O)c2C1=O. The van der Waals surface area contributed by atoms with Gasteiger partial charge in [-0.15, -0.1) is 0 Å². The molecule has 2 N–H and O–H groups in total. The number of carbonyl (C=O) groups excluding carboxylic acids is 2. The average Bonchev–Trinajstić information content (AvgIpc) is 2.43. The van der Waals surface area contributed by atoms with Crippen LogP contribution in [0.1, 0.15) is 26.7 Å². The molecule has 2 amide bonds. The van der Waals surface area contributed by atoms with E-state index in [0.29, 0.717) is 0 Å². The minimum absolute atomic E-state index is 0.155. The molecule has 0 saturated carbocycles. The van der Waals surface area contributed by atoms with Crippen LogP contribution in [0.3, 0.4) is 0 Å². The molecule has 17 heavy (non-hydrogen) atoms. The van der Waals surface area contributed by atoms with Gasteiger partial charge in [-0.3, -0.25) is 24.1 Å². The summed E-state index contributed by atoms with van der Waals surface area (Å²) >= 11 is 0. The number of H-pyrrole nitrogens is 1. The summed E-state index contributed by atoms with van der Waals surface area (Å²) in [6, 6.07) is 0. The number of carboxylic acid groups (broad SMARTS) is 1. The molecule has 0 aliphatic carbocycles. The predicted octanol–water partition coefficient (Wildman–Crippen LogP) is -1.38. The van der Waals surface area contributed by atoms with E-state index >= 15 is 0 Å². The Hall–Kier alpha value is -2.51. The second kappa shape index (κ2) is 3.51. The monoisotopic (exact) mass is 237 g/mol. The van der Waals surface area contributed by atoms with E-state index in [2.05, 4.69) is 9.97 Å². The van der Waals surface area contributed by atoms with Crippen LogP contribution >= 0.6 is 0 Å². The lowest BCUT2D eigenvalue weighted by atomic mass is 10.2. The lowest BCUT2D eigenvalue weighted by Gasteiger charge is -2.01. The first-order valence-corrected chi connectivity index (χ1v) is 4.59. The Morgan fingerprint density at radius 2 is 2.00 bits per heavy atom. The number of aliphatic carboxylic acids is 1. The standard InChI is InChI=1S/C9H7N3O5/c1-12-8(16)5-6(9(12)17)10-3(2-4(13)14)11-7(5)15/h2H2,1H3,(H,13,14)(H,10,11,15). The van der Waals surface area contributed by atoms with Crippen LogP contribution in [0.2, 0.25) is 0 Å². The number of aromatic nitrogens is 2. The number of hydrogen-bond acceptors (Lipinski definition) is 5. The van der Waals surface area contributed by atoms with Gasteiger partial charge >= 0.3 is 5.97 Å². The Kier molecular flexibility index (Phi) is 2.27. The van der Waals surface area contributed by atoms with Gasteiger partial charge in [0.25, 0.3) is 17.4 Å². The summed E-state index contributed by atoms with van der Waals surface area (Å²) in [5, 5.41) is 8.55. The molecular formula is C9H7N3O5. The van der Waals surface area contributed by atoms with Crippen molar-refractivity contribution in [2.75, 3.05) is 7.05 Å². The largest absolute Gasteiger partial charge is 0.481 e. The summed E-state index contributed by atoms with van der Waals surface area (Å²) in [6.07, 6.45) is -0.520. The molecule has 0 saturated heterocycles. The van der Waals surface area contributed by atoms with Crippen molar-refractivity contribution < 1.29 is 19.5 Å². The highest BCUT2D eigenvalue weighted by Gasteiger charge is 2.37. The number of carboxylic acids is 1. The van der Waals surface area contributed by atoms with Gasteiger partial charge in [0.1, 0.15) is 23.5 Å². The predicted molar refractivity (Wildman–Crippen MR) is 52.6 cm³/mol. The topological polar surface area (TPSA) is 120 Å². The zero-order valence-electron chi connectivity index (χ0n) is 8.68. The molecule has 1 aliphatic rings. The highest BCUT2D eigenvalue weighted by atomic mass is 16.4. The molecule has 8 heteroatoms. The first-order valence-electron chi connectivity index (χ1n) is 4.59. The van der Waals surface area contributed by atoms with Gasteiger partial charge in [0, 0.05) is 7.05 Å². The van der Waals surface area contributed by atoms with Gasteiger partial charge in [0.05, 0.1) is 0 Å². The summed E-state index contributed by atoms with van der Waals surface area (Å²) in [7, 11) is 1.22. The molecule has 0 atom stereocenters. The number of fused-ring (bicyclic) bond motifs is 1. The van der Waals surface area contributed by atoms with Crippen LogP contribution in [-0.2, 0) is 11.2 Å². The van der Waals surface area contributed by atoms with Gasteiger partial charge in [0.2, 0.25) is 0 Å². The highest BCUT2D eigenvalue weighted by molar-refractivity contribution is 6.19. The number of rotatable bonds is 2. The first kappa shape index (κ1) is 11.0. The normalized spacial score (nSPS) is 14.1. The molecule has 0 aromatic carbocycles. The van der Waals surface area contributed by atoms with Crippen molar-refractivity contribution in [1.82, 2.24) is 14.9 Å². The molecule has 2 rings (SSSR count). The minimum Gasteiger partial charge on any atom is -0.481 e. The summed E-state index contributed by atoms with van der Waals surface area (Å²) in [6.45, 7) is 0. The Balaban J connectivity index is 2.61. The molecular weight excluding hydrogens is 230 g/mol. The van der Waals surface area contributed by atoms with E-state index in [-0.39, 0.29) is 17.1 Å². The Morgan fingerprint density at radius 3 is 2.59 bits per heavy atom. The summed E-state index contributed by atoms with van der Waals surface area (Å²) in [5.41, 5.74) is -1.43. The van der Waals surface area contributed by atoms with Gasteiger partial charge in [0.15, 0.2) is 0 Å². The molecule has 2 heterocycles. The van der Waals surface area contributed by atoms with Crippen LogP contribution in [0.5, 0.6) is 0 Å². The quantitative estimate of drug-likeness (QED) is 0.612. The average molecular weight is 237 g/mol. The molecule has 0 radical (unpaired) electrons. The van der Waals surface area contributed by atoms with Gasteiger partial charge in [-0.25, -0.2) is 4.98 Å². The van der Waals surface area contributed by atoms with E-state index in [9.17, 15) is 19.2 Å². The molecule has 8 nitrogen and oxygen atoms in total. The van der Waals surface area contributed by atoms with Gasteiger partial charge in [-0.05, 0) is 0 Å². The molecule has 1 aromatic rings. The molecule has 1 aromatic heterocycles. The van der Waals surface area contributed by atoms with Crippen LogP contribution in [-0.4, -0.2) is 44.8 Å². The summed E-state index contributed by atoms with van der Waals surface area (Å²) in [5.74, 6) is -2.79. The van der Waals surface area contributed by atoms with E-state index in [4.69, 9.17) is 5.11 Å². The summed E-state index contributed by atoms with van der Waals surface area (Å²) in [4.78, 5) is 51.6. The van der Waals surface area contributed by atoms with Gasteiger partial charge < -0.3 is 10.1 Å². The summed E-state index contributed by atoms with van der Waals surface area (Å²) < 4.78 is 0. The van der Waals surface area contributed by atoms with Crippen molar-refractivity contribution in [2.24, 2.45) is 0 Å². The molecule has 0 fully saturated rings. The van der Waals surface area contributed by atoms with E-state index in [1.54, 1.807) is 0 Å². The van der Waals surface area contributed by atoms with E-state index in [1.807, 2.05) is 0 Å². The smallest absolute Gasteiger partial charge is 0.311 e. The van der Waals surface area contributed by atoms with Crippen molar-refractivity contribution in [3.63, 3.8) is 0 Å².